The first kappa shape index (κ1) is 13.6. The molecule has 0 radical (unpaired) electrons. The number of aryl methyl sites for hydroxylation is 1. The number of H-pyrrole nitrogens is 1. The van der Waals surface area contributed by atoms with Gasteiger partial charge in [0.05, 0.1) is 6.42 Å². The lowest BCUT2D eigenvalue weighted by atomic mass is 10.0. The molecule has 0 atom stereocenters. The number of hydrogen-bond acceptors (Lipinski definition) is 2. The molecular weight excluding hydrogens is 238 g/mol. The van der Waals surface area contributed by atoms with Crippen molar-refractivity contribution in [2.75, 3.05) is 6.54 Å². The van der Waals surface area contributed by atoms with Crippen molar-refractivity contribution in [3.63, 3.8) is 0 Å². The average molecular weight is 259 g/mol. The van der Waals surface area contributed by atoms with Crippen LogP contribution in [-0.2, 0) is 11.2 Å². The van der Waals surface area contributed by atoms with Gasteiger partial charge in [-0.25, -0.2) is 0 Å². The molecule has 0 aliphatic carbocycles. The Kier molecular flexibility index (Phi) is 3.62. The minimum atomic E-state index is -0.361. The minimum Gasteiger partial charge on any atom is -0.361 e. The molecule has 2 aromatic rings. The summed E-state index contributed by atoms with van der Waals surface area (Å²) in [6.45, 7) is 6.31. The monoisotopic (exact) mass is 259 g/mol. The van der Waals surface area contributed by atoms with Gasteiger partial charge in [-0.1, -0.05) is 12.1 Å². The lowest BCUT2D eigenvalue weighted by Crippen LogP contribution is -2.49. The Labute approximate surface area is 113 Å². The SMILES string of the molecule is Cc1ccc2c(CC(=O)NC(C)(C)CN)c[nH]c2c1. The van der Waals surface area contributed by atoms with E-state index in [2.05, 4.69) is 35.4 Å². The molecule has 1 amide bonds. The van der Waals surface area contributed by atoms with Gasteiger partial charge in [0.25, 0.3) is 0 Å². The molecule has 0 fully saturated rings. The van der Waals surface area contributed by atoms with Crippen LogP contribution >= 0.6 is 0 Å². The summed E-state index contributed by atoms with van der Waals surface area (Å²) in [5.41, 5.74) is 8.54. The van der Waals surface area contributed by atoms with E-state index in [-0.39, 0.29) is 11.4 Å². The quantitative estimate of drug-likeness (QED) is 0.784. The predicted octanol–water partition coefficient (Wildman–Crippen LogP) is 1.87. The maximum Gasteiger partial charge on any atom is 0.224 e. The third-order valence-corrected chi connectivity index (χ3v) is 3.26. The van der Waals surface area contributed by atoms with Crippen LogP contribution in [0.3, 0.4) is 0 Å². The number of benzene rings is 1. The van der Waals surface area contributed by atoms with Gasteiger partial charge in [-0.2, -0.15) is 0 Å². The Morgan fingerprint density at radius 1 is 1.42 bits per heavy atom. The van der Waals surface area contributed by atoms with Crippen LogP contribution < -0.4 is 11.1 Å². The number of nitrogens with one attached hydrogen (secondary N) is 2. The van der Waals surface area contributed by atoms with Crippen molar-refractivity contribution in [2.24, 2.45) is 5.73 Å². The summed E-state index contributed by atoms with van der Waals surface area (Å²) in [6, 6.07) is 6.19. The number of hydrogen-bond donors (Lipinski definition) is 3. The van der Waals surface area contributed by atoms with E-state index in [1.54, 1.807) is 0 Å². The molecule has 0 aliphatic heterocycles. The number of carbonyl (C=O) groups excluding carboxylic acids is 1. The van der Waals surface area contributed by atoms with Crippen LogP contribution in [0.5, 0.6) is 0 Å². The number of carbonyl (C=O) groups is 1. The van der Waals surface area contributed by atoms with Crippen LogP contribution in [0.4, 0.5) is 0 Å². The predicted molar refractivity (Wildman–Crippen MR) is 78.0 cm³/mol. The zero-order valence-corrected chi connectivity index (χ0v) is 11.7. The van der Waals surface area contributed by atoms with E-state index in [1.165, 1.54) is 5.56 Å². The summed E-state index contributed by atoms with van der Waals surface area (Å²) in [5.74, 6) is -0.00285. The van der Waals surface area contributed by atoms with Crippen molar-refractivity contribution < 1.29 is 4.79 Å². The Hall–Kier alpha value is -1.81. The fraction of sp³-hybridized carbons (Fsp3) is 0.400. The Balaban J connectivity index is 2.16. The highest BCUT2D eigenvalue weighted by atomic mass is 16.1. The van der Waals surface area contributed by atoms with Gasteiger partial charge in [0, 0.05) is 29.2 Å². The number of fused-ring (bicyclic) bond motifs is 1. The summed E-state index contributed by atoms with van der Waals surface area (Å²) < 4.78 is 0. The number of amides is 1. The Morgan fingerprint density at radius 3 is 2.84 bits per heavy atom. The van der Waals surface area contributed by atoms with Crippen molar-refractivity contribution in [3.05, 3.63) is 35.5 Å². The van der Waals surface area contributed by atoms with Crippen molar-refractivity contribution in [2.45, 2.75) is 32.7 Å². The largest absolute Gasteiger partial charge is 0.361 e. The Bertz CT molecular complexity index is 598. The van der Waals surface area contributed by atoms with Crippen LogP contribution in [0.15, 0.2) is 24.4 Å². The molecule has 1 aromatic carbocycles. The van der Waals surface area contributed by atoms with E-state index >= 15 is 0 Å². The molecule has 102 valence electrons. The molecule has 0 spiro atoms. The summed E-state index contributed by atoms with van der Waals surface area (Å²) >= 11 is 0. The summed E-state index contributed by atoms with van der Waals surface area (Å²) in [6.07, 6.45) is 2.27. The van der Waals surface area contributed by atoms with Gasteiger partial charge in [-0.3, -0.25) is 4.79 Å². The van der Waals surface area contributed by atoms with Gasteiger partial charge in [0.1, 0.15) is 0 Å². The summed E-state index contributed by atoms with van der Waals surface area (Å²) in [4.78, 5) is 15.2. The number of aromatic nitrogens is 1. The highest BCUT2D eigenvalue weighted by Crippen LogP contribution is 2.20. The van der Waals surface area contributed by atoms with Crippen LogP contribution in [0.2, 0.25) is 0 Å². The fourth-order valence-electron chi connectivity index (χ4n) is 2.09. The second kappa shape index (κ2) is 5.05. The first-order valence-corrected chi connectivity index (χ1v) is 6.49. The highest BCUT2D eigenvalue weighted by Gasteiger charge is 2.19. The lowest BCUT2D eigenvalue weighted by Gasteiger charge is -2.24. The molecule has 1 heterocycles. The van der Waals surface area contributed by atoms with E-state index in [1.807, 2.05) is 20.0 Å². The maximum absolute atomic E-state index is 12.0. The topological polar surface area (TPSA) is 70.9 Å². The molecule has 4 heteroatoms. The molecule has 2 rings (SSSR count). The number of nitrogens with two attached hydrogens (primary N) is 1. The van der Waals surface area contributed by atoms with Crippen molar-refractivity contribution in [3.8, 4) is 0 Å². The molecule has 1 aromatic heterocycles. The fourth-order valence-corrected chi connectivity index (χ4v) is 2.09. The van der Waals surface area contributed by atoms with Crippen LogP contribution in [0, 0.1) is 6.92 Å². The number of rotatable bonds is 4. The van der Waals surface area contributed by atoms with E-state index in [9.17, 15) is 4.79 Å². The van der Waals surface area contributed by atoms with Gasteiger partial charge in [-0.15, -0.1) is 0 Å². The molecule has 0 saturated heterocycles. The second-order valence-electron chi connectivity index (χ2n) is 5.68. The van der Waals surface area contributed by atoms with Gasteiger partial charge in [0.2, 0.25) is 5.91 Å². The van der Waals surface area contributed by atoms with Gasteiger partial charge in [-0.05, 0) is 38.0 Å². The van der Waals surface area contributed by atoms with Crippen LogP contribution in [0.1, 0.15) is 25.0 Å². The zero-order valence-electron chi connectivity index (χ0n) is 11.7. The average Bonchev–Trinajstić information content (AvgIpc) is 2.71. The normalized spacial score (nSPS) is 11.8. The molecule has 4 N–H and O–H groups in total. The second-order valence-corrected chi connectivity index (χ2v) is 5.68. The zero-order chi connectivity index (χ0) is 14.0. The first-order chi connectivity index (χ1) is 8.91. The van der Waals surface area contributed by atoms with Gasteiger partial charge >= 0.3 is 0 Å². The standard InChI is InChI=1S/C15H21N3O/c1-10-4-5-12-11(8-17-13(12)6-10)7-14(19)18-15(2,3)9-16/h4-6,8,17H,7,9,16H2,1-3H3,(H,18,19). The van der Waals surface area contributed by atoms with Crippen LogP contribution in [-0.4, -0.2) is 23.0 Å². The third-order valence-electron chi connectivity index (χ3n) is 3.26. The van der Waals surface area contributed by atoms with Crippen LogP contribution in [0.25, 0.3) is 10.9 Å². The molecular formula is C15H21N3O. The molecule has 0 unspecified atom stereocenters. The van der Waals surface area contributed by atoms with Crippen molar-refractivity contribution in [1.82, 2.24) is 10.3 Å². The van der Waals surface area contributed by atoms with E-state index in [4.69, 9.17) is 5.73 Å². The van der Waals surface area contributed by atoms with Gasteiger partial charge in [0.15, 0.2) is 0 Å². The van der Waals surface area contributed by atoms with E-state index in [0.29, 0.717) is 13.0 Å². The Morgan fingerprint density at radius 2 is 2.16 bits per heavy atom. The maximum atomic E-state index is 12.0. The summed E-state index contributed by atoms with van der Waals surface area (Å²) in [7, 11) is 0. The molecule has 0 aliphatic rings. The minimum absolute atomic E-state index is 0.00285. The highest BCUT2D eigenvalue weighted by molar-refractivity contribution is 5.89. The molecule has 0 bridgehead atoms. The lowest BCUT2D eigenvalue weighted by molar-refractivity contribution is -0.121. The van der Waals surface area contributed by atoms with E-state index < -0.39 is 0 Å². The van der Waals surface area contributed by atoms with E-state index in [0.717, 1.165) is 16.5 Å². The molecule has 4 nitrogen and oxygen atoms in total. The third kappa shape index (κ3) is 3.15. The first-order valence-electron chi connectivity index (χ1n) is 6.49. The molecule has 0 saturated carbocycles. The summed E-state index contributed by atoms with van der Waals surface area (Å²) in [5, 5.41) is 4.05. The smallest absolute Gasteiger partial charge is 0.224 e. The number of aromatic amines is 1. The molecule has 19 heavy (non-hydrogen) atoms. The van der Waals surface area contributed by atoms with Gasteiger partial charge < -0.3 is 16.0 Å². The van der Waals surface area contributed by atoms with Crippen molar-refractivity contribution in [1.29, 1.82) is 0 Å². The van der Waals surface area contributed by atoms with Crippen molar-refractivity contribution >= 4 is 16.8 Å².